The predicted molar refractivity (Wildman–Crippen MR) is 77.6 cm³/mol. The Morgan fingerprint density at radius 2 is 2.19 bits per heavy atom. The molecule has 21 heavy (non-hydrogen) atoms. The van der Waals surface area contributed by atoms with Gasteiger partial charge in [-0.3, -0.25) is 14.9 Å². The summed E-state index contributed by atoms with van der Waals surface area (Å²) in [5.41, 5.74) is 0.114. The lowest BCUT2D eigenvalue weighted by Gasteiger charge is -2.37. The maximum atomic E-state index is 12.6. The lowest BCUT2D eigenvalue weighted by atomic mass is 10.1. The Morgan fingerprint density at radius 1 is 1.48 bits per heavy atom. The molecule has 2 atom stereocenters. The summed E-state index contributed by atoms with van der Waals surface area (Å²) in [7, 11) is 1.36. The first-order valence-corrected chi connectivity index (χ1v) is 6.80. The highest BCUT2D eigenvalue weighted by atomic mass is 16.6. The van der Waals surface area contributed by atoms with Gasteiger partial charge in [-0.25, -0.2) is 0 Å². The lowest BCUT2D eigenvalue weighted by Crippen LogP contribution is -2.56. The normalized spacial score (nSPS) is 22.0. The van der Waals surface area contributed by atoms with E-state index in [1.807, 2.05) is 13.8 Å². The van der Waals surface area contributed by atoms with Gasteiger partial charge in [0, 0.05) is 36.8 Å². The number of benzene rings is 1. The van der Waals surface area contributed by atoms with Gasteiger partial charge < -0.3 is 15.0 Å². The van der Waals surface area contributed by atoms with E-state index in [0.29, 0.717) is 18.7 Å². The zero-order valence-electron chi connectivity index (χ0n) is 12.3. The summed E-state index contributed by atoms with van der Waals surface area (Å²) in [5.74, 6) is -0.0418. The van der Waals surface area contributed by atoms with E-state index >= 15 is 0 Å². The van der Waals surface area contributed by atoms with E-state index in [1.54, 1.807) is 11.0 Å². The molecule has 0 aromatic heterocycles. The number of methoxy groups -OCH3 is 1. The number of piperazine rings is 1. The van der Waals surface area contributed by atoms with Crippen LogP contribution in [0.25, 0.3) is 0 Å². The molecule has 1 aromatic rings. The molecule has 0 radical (unpaired) electrons. The Bertz CT molecular complexity index is 561. The van der Waals surface area contributed by atoms with E-state index in [9.17, 15) is 14.9 Å². The molecule has 0 spiro atoms. The lowest BCUT2D eigenvalue weighted by molar-refractivity contribution is -0.385. The molecular formula is C14H19N3O4. The average molecular weight is 293 g/mol. The van der Waals surface area contributed by atoms with Crippen molar-refractivity contribution in [2.45, 2.75) is 25.9 Å². The number of hydrogen-bond donors (Lipinski definition) is 1. The minimum Gasteiger partial charge on any atom is -0.490 e. The van der Waals surface area contributed by atoms with Crippen LogP contribution in [0, 0.1) is 10.1 Å². The van der Waals surface area contributed by atoms with Crippen molar-refractivity contribution in [3.05, 3.63) is 33.9 Å². The zero-order chi connectivity index (χ0) is 15.6. The molecule has 7 heteroatoms. The second-order valence-corrected chi connectivity index (χ2v) is 5.26. The minimum atomic E-state index is -0.542. The van der Waals surface area contributed by atoms with Gasteiger partial charge >= 0.3 is 5.69 Å². The highest BCUT2D eigenvalue weighted by Crippen LogP contribution is 2.28. The van der Waals surface area contributed by atoms with E-state index in [-0.39, 0.29) is 29.4 Å². The van der Waals surface area contributed by atoms with E-state index in [1.165, 1.54) is 19.2 Å². The van der Waals surface area contributed by atoms with Gasteiger partial charge in [-0.05, 0) is 26.0 Å². The smallest absolute Gasteiger partial charge is 0.311 e. The predicted octanol–water partition coefficient (Wildman–Crippen LogP) is 1.43. The summed E-state index contributed by atoms with van der Waals surface area (Å²) in [5, 5.41) is 14.3. The molecule has 1 aliphatic rings. The molecule has 7 nitrogen and oxygen atoms in total. The van der Waals surface area contributed by atoms with Crippen LogP contribution in [0.4, 0.5) is 5.69 Å². The number of nitro benzene ring substituents is 1. The Hall–Kier alpha value is -2.15. The van der Waals surface area contributed by atoms with Crippen molar-refractivity contribution in [2.24, 2.45) is 0 Å². The third-order valence-corrected chi connectivity index (χ3v) is 3.65. The molecule has 1 aliphatic heterocycles. The third kappa shape index (κ3) is 3.13. The number of amides is 1. The molecular weight excluding hydrogens is 274 g/mol. The monoisotopic (exact) mass is 293 g/mol. The number of hydrogen-bond acceptors (Lipinski definition) is 5. The standard InChI is InChI=1S/C14H19N3O4/c1-9-8-16(10(2)7-15-9)14(18)11-4-5-13(21-3)12(6-11)17(19)20/h4-6,9-10,15H,7-8H2,1-3H3. The van der Waals surface area contributed by atoms with Crippen molar-refractivity contribution in [3.63, 3.8) is 0 Å². The second kappa shape index (κ2) is 6.09. The number of nitrogens with one attached hydrogen (secondary N) is 1. The van der Waals surface area contributed by atoms with E-state index in [4.69, 9.17) is 4.74 Å². The van der Waals surface area contributed by atoms with Crippen molar-refractivity contribution in [3.8, 4) is 5.75 Å². The van der Waals surface area contributed by atoms with Gasteiger partial charge in [0.05, 0.1) is 12.0 Å². The number of rotatable bonds is 3. The maximum absolute atomic E-state index is 12.6. The van der Waals surface area contributed by atoms with Crippen molar-refractivity contribution in [1.29, 1.82) is 0 Å². The second-order valence-electron chi connectivity index (χ2n) is 5.26. The summed E-state index contributed by atoms with van der Waals surface area (Å²) in [6.45, 7) is 5.25. The van der Waals surface area contributed by atoms with Crippen LogP contribution in [0.3, 0.4) is 0 Å². The van der Waals surface area contributed by atoms with E-state index < -0.39 is 4.92 Å². The van der Waals surface area contributed by atoms with Gasteiger partial charge in [0.2, 0.25) is 0 Å². The Labute approximate surface area is 123 Å². The first-order chi connectivity index (χ1) is 9.93. The first kappa shape index (κ1) is 15.2. The van der Waals surface area contributed by atoms with Crippen LogP contribution in [-0.2, 0) is 0 Å². The minimum absolute atomic E-state index is 0.0508. The highest BCUT2D eigenvalue weighted by molar-refractivity contribution is 5.95. The molecule has 2 rings (SSSR count). The van der Waals surface area contributed by atoms with Gasteiger partial charge in [-0.15, -0.1) is 0 Å². The first-order valence-electron chi connectivity index (χ1n) is 6.80. The van der Waals surface area contributed by atoms with Gasteiger partial charge in [-0.1, -0.05) is 0 Å². The van der Waals surface area contributed by atoms with Gasteiger partial charge in [-0.2, -0.15) is 0 Å². The Kier molecular flexibility index (Phi) is 4.42. The number of ether oxygens (including phenoxy) is 1. The van der Waals surface area contributed by atoms with E-state index in [0.717, 1.165) is 0 Å². The largest absolute Gasteiger partial charge is 0.490 e. The van der Waals surface area contributed by atoms with Gasteiger partial charge in [0.25, 0.3) is 5.91 Å². The SMILES string of the molecule is COc1ccc(C(=O)N2CC(C)NCC2C)cc1[N+](=O)[O-]. The quantitative estimate of drug-likeness (QED) is 0.673. The molecule has 2 unspecified atom stereocenters. The van der Waals surface area contributed by atoms with Crippen molar-refractivity contribution in [1.82, 2.24) is 10.2 Å². The summed E-state index contributed by atoms with van der Waals surface area (Å²) < 4.78 is 4.95. The molecule has 1 amide bonds. The van der Waals surface area contributed by atoms with Crippen molar-refractivity contribution < 1.29 is 14.5 Å². The summed E-state index contributed by atoms with van der Waals surface area (Å²) in [6.07, 6.45) is 0. The summed E-state index contributed by atoms with van der Waals surface area (Å²) in [4.78, 5) is 24.8. The maximum Gasteiger partial charge on any atom is 0.311 e. The molecule has 1 aromatic carbocycles. The molecule has 0 saturated carbocycles. The fourth-order valence-corrected chi connectivity index (χ4v) is 2.44. The number of nitro groups is 1. The van der Waals surface area contributed by atoms with Crippen LogP contribution in [-0.4, -0.2) is 48.0 Å². The van der Waals surface area contributed by atoms with E-state index in [2.05, 4.69) is 5.32 Å². The van der Waals surface area contributed by atoms with Crippen LogP contribution < -0.4 is 10.1 Å². The Morgan fingerprint density at radius 3 is 2.81 bits per heavy atom. The molecule has 114 valence electrons. The molecule has 1 heterocycles. The third-order valence-electron chi connectivity index (χ3n) is 3.65. The number of nitrogens with zero attached hydrogens (tertiary/aromatic N) is 2. The van der Waals surface area contributed by atoms with Crippen molar-refractivity contribution >= 4 is 11.6 Å². The number of carbonyl (C=O) groups is 1. The highest BCUT2D eigenvalue weighted by Gasteiger charge is 2.28. The fourth-order valence-electron chi connectivity index (χ4n) is 2.44. The van der Waals surface area contributed by atoms with Crippen LogP contribution in [0.1, 0.15) is 24.2 Å². The molecule has 0 bridgehead atoms. The van der Waals surface area contributed by atoms with Gasteiger partial charge in [0.15, 0.2) is 5.75 Å². The van der Waals surface area contributed by atoms with Crippen LogP contribution >= 0.6 is 0 Å². The summed E-state index contributed by atoms with van der Waals surface area (Å²) in [6, 6.07) is 4.56. The number of carbonyl (C=O) groups excluding carboxylic acids is 1. The fraction of sp³-hybridized carbons (Fsp3) is 0.500. The van der Waals surface area contributed by atoms with Crippen LogP contribution in [0.15, 0.2) is 18.2 Å². The molecule has 1 saturated heterocycles. The molecule has 1 fully saturated rings. The topological polar surface area (TPSA) is 84.7 Å². The molecule has 1 N–H and O–H groups in total. The average Bonchev–Trinajstić information content (AvgIpc) is 2.48. The zero-order valence-corrected chi connectivity index (χ0v) is 12.3. The molecule has 0 aliphatic carbocycles. The summed E-state index contributed by atoms with van der Waals surface area (Å²) >= 11 is 0. The van der Waals surface area contributed by atoms with Crippen LogP contribution in [0.2, 0.25) is 0 Å². The Balaban J connectivity index is 2.30. The van der Waals surface area contributed by atoms with Gasteiger partial charge in [0.1, 0.15) is 0 Å². The van der Waals surface area contributed by atoms with Crippen LogP contribution in [0.5, 0.6) is 5.75 Å². The van der Waals surface area contributed by atoms with Crippen molar-refractivity contribution in [2.75, 3.05) is 20.2 Å².